The Bertz CT molecular complexity index is 870. The zero-order valence-electron chi connectivity index (χ0n) is 15.6. The standard InChI is InChI=1S/C21H21BrO7/c1-11(23)12-5-7-15(8-6-12)27-21-18(25)17(24)19-16(28-21)10-26-20(29-19)13-3-2-4-14(22)9-13/h2-9,16-21,24-25H,10H2,1H3/t16-,17-,18-,19-,20-,21+/m0/s1. The van der Waals surface area contributed by atoms with Crippen LogP contribution < -0.4 is 4.74 Å². The van der Waals surface area contributed by atoms with Gasteiger partial charge in [-0.3, -0.25) is 4.79 Å². The highest BCUT2D eigenvalue weighted by atomic mass is 79.9. The van der Waals surface area contributed by atoms with Gasteiger partial charge in [0.15, 0.2) is 12.1 Å². The van der Waals surface area contributed by atoms with Crippen molar-refractivity contribution in [2.24, 2.45) is 0 Å². The molecule has 29 heavy (non-hydrogen) atoms. The summed E-state index contributed by atoms with van der Waals surface area (Å²) in [7, 11) is 0. The highest BCUT2D eigenvalue weighted by Crippen LogP contribution is 2.35. The topological polar surface area (TPSA) is 94.5 Å². The molecule has 0 unspecified atom stereocenters. The highest BCUT2D eigenvalue weighted by Gasteiger charge is 2.49. The predicted molar refractivity (Wildman–Crippen MR) is 105 cm³/mol. The van der Waals surface area contributed by atoms with E-state index in [1.54, 1.807) is 24.3 Å². The Hall–Kier alpha value is -1.81. The van der Waals surface area contributed by atoms with Crippen molar-refractivity contribution in [3.8, 4) is 5.75 Å². The maximum atomic E-state index is 11.4. The number of ether oxygens (including phenoxy) is 4. The van der Waals surface area contributed by atoms with Crippen molar-refractivity contribution in [1.82, 2.24) is 0 Å². The molecule has 0 spiro atoms. The van der Waals surface area contributed by atoms with Crippen LogP contribution in [0.15, 0.2) is 53.0 Å². The number of rotatable bonds is 4. The maximum Gasteiger partial charge on any atom is 0.229 e. The molecule has 6 atom stereocenters. The normalized spacial score (nSPS) is 31.7. The van der Waals surface area contributed by atoms with Crippen LogP contribution in [0.2, 0.25) is 0 Å². The third kappa shape index (κ3) is 4.37. The van der Waals surface area contributed by atoms with E-state index in [0.29, 0.717) is 11.3 Å². The van der Waals surface area contributed by atoms with Crippen molar-refractivity contribution in [2.75, 3.05) is 6.61 Å². The quantitative estimate of drug-likeness (QED) is 0.671. The predicted octanol–water partition coefficient (Wildman–Crippen LogP) is 2.59. The lowest BCUT2D eigenvalue weighted by Gasteiger charge is -2.46. The molecule has 2 N–H and O–H groups in total. The molecule has 2 fully saturated rings. The van der Waals surface area contributed by atoms with Gasteiger partial charge in [-0.2, -0.15) is 0 Å². The van der Waals surface area contributed by atoms with Crippen LogP contribution in [-0.4, -0.2) is 53.3 Å². The third-order valence-corrected chi connectivity index (χ3v) is 5.46. The minimum atomic E-state index is -1.31. The smallest absolute Gasteiger partial charge is 0.229 e. The maximum absolute atomic E-state index is 11.4. The molecule has 2 saturated heterocycles. The first-order valence-electron chi connectivity index (χ1n) is 9.24. The van der Waals surface area contributed by atoms with Gasteiger partial charge in [-0.1, -0.05) is 28.1 Å². The van der Waals surface area contributed by atoms with E-state index in [1.165, 1.54) is 6.92 Å². The minimum Gasteiger partial charge on any atom is -0.462 e. The van der Waals surface area contributed by atoms with Crippen LogP contribution >= 0.6 is 15.9 Å². The molecule has 4 rings (SSSR count). The van der Waals surface area contributed by atoms with Crippen LogP contribution in [0, 0.1) is 0 Å². The lowest BCUT2D eigenvalue weighted by atomic mass is 9.98. The summed E-state index contributed by atoms with van der Waals surface area (Å²) in [5.74, 6) is 0.356. The van der Waals surface area contributed by atoms with Crippen LogP contribution in [-0.2, 0) is 14.2 Å². The van der Waals surface area contributed by atoms with Crippen molar-refractivity contribution >= 4 is 21.7 Å². The van der Waals surface area contributed by atoms with E-state index in [4.69, 9.17) is 18.9 Å². The molecule has 0 radical (unpaired) electrons. The first kappa shape index (κ1) is 20.5. The van der Waals surface area contributed by atoms with Gasteiger partial charge in [-0.05, 0) is 43.3 Å². The van der Waals surface area contributed by atoms with Crippen LogP contribution in [0.4, 0.5) is 0 Å². The molecule has 0 aromatic heterocycles. The highest BCUT2D eigenvalue weighted by molar-refractivity contribution is 9.10. The molecule has 2 aliphatic heterocycles. The van der Waals surface area contributed by atoms with Gasteiger partial charge in [0.05, 0.1) is 6.61 Å². The second kappa shape index (κ2) is 8.51. The molecule has 0 amide bonds. The second-order valence-corrected chi connectivity index (χ2v) is 7.96. The molecule has 0 saturated carbocycles. The van der Waals surface area contributed by atoms with Gasteiger partial charge < -0.3 is 29.2 Å². The summed E-state index contributed by atoms with van der Waals surface area (Å²) in [6, 6.07) is 14.0. The number of halogens is 1. The van der Waals surface area contributed by atoms with Crippen molar-refractivity contribution in [2.45, 2.75) is 43.9 Å². The van der Waals surface area contributed by atoms with Crippen LogP contribution in [0.25, 0.3) is 0 Å². The Labute approximate surface area is 176 Å². The first-order chi connectivity index (χ1) is 13.9. The average molecular weight is 465 g/mol. The number of hydrogen-bond acceptors (Lipinski definition) is 7. The Kier molecular flexibility index (Phi) is 6.00. The van der Waals surface area contributed by atoms with E-state index >= 15 is 0 Å². The van der Waals surface area contributed by atoms with Gasteiger partial charge in [0.25, 0.3) is 0 Å². The van der Waals surface area contributed by atoms with Crippen LogP contribution in [0.5, 0.6) is 5.75 Å². The van der Waals surface area contributed by atoms with E-state index in [1.807, 2.05) is 24.3 Å². The van der Waals surface area contributed by atoms with E-state index in [2.05, 4.69) is 15.9 Å². The SMILES string of the molecule is CC(=O)c1ccc(O[C@@H]2O[C@H]3CO[C@H](c4cccc(Br)c4)O[C@@H]3[C@@H](O)[C@@H]2O)cc1. The zero-order valence-corrected chi connectivity index (χ0v) is 17.2. The van der Waals surface area contributed by atoms with Gasteiger partial charge in [0, 0.05) is 15.6 Å². The van der Waals surface area contributed by atoms with Crippen LogP contribution in [0.3, 0.4) is 0 Å². The number of benzene rings is 2. The molecule has 154 valence electrons. The molecule has 8 heteroatoms. The van der Waals surface area contributed by atoms with Crippen molar-refractivity contribution in [3.63, 3.8) is 0 Å². The molecule has 2 aliphatic rings. The second-order valence-electron chi connectivity index (χ2n) is 7.04. The monoisotopic (exact) mass is 464 g/mol. The molecule has 7 nitrogen and oxygen atoms in total. The van der Waals surface area contributed by atoms with Crippen molar-refractivity contribution in [3.05, 3.63) is 64.1 Å². The fraction of sp³-hybridized carbons (Fsp3) is 0.381. The third-order valence-electron chi connectivity index (χ3n) is 4.97. The van der Waals surface area contributed by atoms with Gasteiger partial charge in [-0.15, -0.1) is 0 Å². The molecule has 0 bridgehead atoms. The molecule has 2 aromatic carbocycles. The van der Waals surface area contributed by atoms with E-state index in [0.717, 1.165) is 10.0 Å². The van der Waals surface area contributed by atoms with Gasteiger partial charge in [0.1, 0.15) is 30.2 Å². The van der Waals surface area contributed by atoms with Gasteiger partial charge in [-0.25, -0.2) is 0 Å². The fourth-order valence-electron chi connectivity index (χ4n) is 3.40. The lowest BCUT2D eigenvalue weighted by molar-refractivity contribution is -0.350. The van der Waals surface area contributed by atoms with Gasteiger partial charge >= 0.3 is 0 Å². The Morgan fingerprint density at radius 3 is 2.55 bits per heavy atom. The summed E-state index contributed by atoms with van der Waals surface area (Å²) in [5, 5.41) is 21.1. The van der Waals surface area contributed by atoms with E-state index in [9.17, 15) is 15.0 Å². The van der Waals surface area contributed by atoms with Crippen LogP contribution in [0.1, 0.15) is 29.1 Å². The number of carbonyl (C=O) groups excluding carboxylic acids is 1. The number of fused-ring (bicyclic) bond motifs is 1. The summed E-state index contributed by atoms with van der Waals surface area (Å²) >= 11 is 3.41. The Balaban J connectivity index is 1.44. The van der Waals surface area contributed by atoms with Crippen molar-refractivity contribution < 1.29 is 34.0 Å². The lowest BCUT2D eigenvalue weighted by Crippen LogP contribution is -2.62. The number of aliphatic hydroxyl groups excluding tert-OH is 2. The van der Waals surface area contributed by atoms with Crippen molar-refractivity contribution in [1.29, 1.82) is 0 Å². The average Bonchev–Trinajstić information content (AvgIpc) is 2.72. The zero-order chi connectivity index (χ0) is 20.5. The van der Waals surface area contributed by atoms with E-state index < -0.39 is 37.0 Å². The summed E-state index contributed by atoms with van der Waals surface area (Å²) < 4.78 is 24.0. The Morgan fingerprint density at radius 1 is 1.10 bits per heavy atom. The Morgan fingerprint density at radius 2 is 1.86 bits per heavy atom. The number of hydrogen-bond donors (Lipinski definition) is 2. The first-order valence-corrected chi connectivity index (χ1v) is 10.0. The molecule has 0 aliphatic carbocycles. The number of ketones is 1. The summed E-state index contributed by atoms with van der Waals surface area (Å²) in [4.78, 5) is 11.4. The largest absolute Gasteiger partial charge is 0.462 e. The number of aliphatic hydroxyl groups is 2. The number of carbonyl (C=O) groups is 1. The summed E-state index contributed by atoms with van der Waals surface area (Å²) in [6.45, 7) is 1.65. The molecule has 2 aromatic rings. The number of Topliss-reactive ketones (excluding diaryl/α,β-unsaturated/α-hetero) is 1. The molecule has 2 heterocycles. The minimum absolute atomic E-state index is 0.0553. The molecular formula is C21H21BrO7. The summed E-state index contributed by atoms with van der Waals surface area (Å²) in [5.41, 5.74) is 1.35. The van der Waals surface area contributed by atoms with E-state index in [-0.39, 0.29) is 12.4 Å². The fourth-order valence-corrected chi connectivity index (χ4v) is 3.82. The molecular weight excluding hydrogens is 444 g/mol. The van der Waals surface area contributed by atoms with Gasteiger partial charge in [0.2, 0.25) is 6.29 Å². The summed E-state index contributed by atoms with van der Waals surface area (Å²) in [6.07, 6.45) is -5.65.